The van der Waals surface area contributed by atoms with Gasteiger partial charge in [-0.15, -0.1) is 0 Å². The second-order valence-corrected chi connectivity index (χ2v) is 6.29. The van der Waals surface area contributed by atoms with Gasteiger partial charge in [0.2, 0.25) is 0 Å². The summed E-state index contributed by atoms with van der Waals surface area (Å²) in [6, 6.07) is 21.4. The van der Waals surface area contributed by atoms with E-state index in [4.69, 9.17) is 4.74 Å². The van der Waals surface area contributed by atoms with Gasteiger partial charge in [0, 0.05) is 16.8 Å². The Bertz CT molecular complexity index is 998. The highest BCUT2D eigenvalue weighted by Crippen LogP contribution is 2.24. The number of carbonyl (C=O) groups excluding carboxylic acids is 2. The van der Waals surface area contributed by atoms with E-state index in [9.17, 15) is 9.59 Å². The number of hydrogen-bond donors (Lipinski definition) is 2. The molecule has 5 heteroatoms. The predicted octanol–water partition coefficient (Wildman–Crippen LogP) is 4.90. The molecule has 0 heterocycles. The number of carbonyl (C=O) groups is 2. The van der Waals surface area contributed by atoms with E-state index in [0.717, 1.165) is 5.56 Å². The third kappa shape index (κ3) is 4.76. The summed E-state index contributed by atoms with van der Waals surface area (Å²) >= 11 is 0. The Morgan fingerprint density at radius 1 is 0.821 bits per heavy atom. The van der Waals surface area contributed by atoms with Gasteiger partial charge < -0.3 is 15.4 Å². The molecule has 0 spiro atoms. The number of ether oxygens (including phenoxy) is 1. The lowest BCUT2D eigenvalue weighted by atomic mass is 10.1. The molecule has 0 saturated carbocycles. The second-order valence-electron chi connectivity index (χ2n) is 6.29. The summed E-state index contributed by atoms with van der Waals surface area (Å²) in [6.07, 6.45) is 0. The number of rotatable bonds is 6. The zero-order valence-electron chi connectivity index (χ0n) is 15.9. The lowest BCUT2D eigenvalue weighted by Crippen LogP contribution is -2.16. The van der Waals surface area contributed by atoms with Gasteiger partial charge in [-0.25, -0.2) is 0 Å². The lowest BCUT2D eigenvalue weighted by molar-refractivity contribution is 0.102. The van der Waals surface area contributed by atoms with Crippen LogP contribution >= 0.6 is 0 Å². The van der Waals surface area contributed by atoms with Crippen LogP contribution in [0.25, 0.3) is 0 Å². The van der Waals surface area contributed by atoms with Crippen LogP contribution in [0.5, 0.6) is 5.75 Å². The first kappa shape index (κ1) is 19.2. The van der Waals surface area contributed by atoms with Crippen LogP contribution in [-0.2, 0) is 0 Å². The molecule has 3 rings (SSSR count). The Hall–Kier alpha value is -3.60. The summed E-state index contributed by atoms with van der Waals surface area (Å²) in [4.78, 5) is 25.2. The van der Waals surface area contributed by atoms with Crippen LogP contribution in [0.4, 0.5) is 11.4 Å². The van der Waals surface area contributed by atoms with Crippen molar-refractivity contribution in [1.82, 2.24) is 0 Å². The van der Waals surface area contributed by atoms with Crippen LogP contribution in [0.3, 0.4) is 0 Å². The van der Waals surface area contributed by atoms with Crippen molar-refractivity contribution in [1.29, 1.82) is 0 Å². The van der Waals surface area contributed by atoms with Gasteiger partial charge in [-0.3, -0.25) is 9.59 Å². The molecule has 28 heavy (non-hydrogen) atoms. The number of anilines is 2. The van der Waals surface area contributed by atoms with E-state index < -0.39 is 0 Å². The van der Waals surface area contributed by atoms with Gasteiger partial charge in [0.1, 0.15) is 5.75 Å². The minimum atomic E-state index is -0.308. The highest BCUT2D eigenvalue weighted by Gasteiger charge is 2.13. The lowest BCUT2D eigenvalue weighted by Gasteiger charge is -2.12. The van der Waals surface area contributed by atoms with Crippen molar-refractivity contribution in [3.8, 4) is 5.75 Å². The molecule has 0 atom stereocenters. The minimum Gasteiger partial charge on any atom is -0.492 e. The molecule has 0 bridgehead atoms. The van der Waals surface area contributed by atoms with Gasteiger partial charge in [-0.05, 0) is 61.9 Å². The van der Waals surface area contributed by atoms with E-state index in [1.807, 2.05) is 50.2 Å². The summed E-state index contributed by atoms with van der Waals surface area (Å²) in [5.74, 6) is 0.0269. The fraction of sp³-hybridized carbons (Fsp3) is 0.130. The standard InChI is InChI=1S/C23H22N2O3/c1-3-28-21-13-5-4-12-20(21)25-23(27)18-10-7-9-17(15-18)22(26)24-19-11-6-8-16(2)14-19/h4-15H,3H2,1-2H3,(H,24,26)(H,25,27). The highest BCUT2D eigenvalue weighted by molar-refractivity contribution is 6.09. The van der Waals surface area contributed by atoms with Crippen molar-refractivity contribution in [2.75, 3.05) is 17.2 Å². The number of para-hydroxylation sites is 2. The van der Waals surface area contributed by atoms with Crippen LogP contribution < -0.4 is 15.4 Å². The van der Waals surface area contributed by atoms with E-state index >= 15 is 0 Å². The Morgan fingerprint density at radius 2 is 1.50 bits per heavy atom. The van der Waals surface area contributed by atoms with Gasteiger partial charge in [0.15, 0.2) is 0 Å². The molecule has 0 aliphatic carbocycles. The average molecular weight is 374 g/mol. The number of hydrogen-bond acceptors (Lipinski definition) is 3. The minimum absolute atomic E-state index is 0.269. The highest BCUT2D eigenvalue weighted by atomic mass is 16.5. The van der Waals surface area contributed by atoms with Crippen LogP contribution in [0.2, 0.25) is 0 Å². The van der Waals surface area contributed by atoms with Crippen molar-refractivity contribution < 1.29 is 14.3 Å². The van der Waals surface area contributed by atoms with Crippen molar-refractivity contribution in [3.05, 3.63) is 89.5 Å². The van der Waals surface area contributed by atoms with E-state index in [-0.39, 0.29) is 11.8 Å². The number of amides is 2. The van der Waals surface area contributed by atoms with Crippen molar-refractivity contribution in [2.45, 2.75) is 13.8 Å². The monoisotopic (exact) mass is 374 g/mol. The first-order chi connectivity index (χ1) is 13.6. The molecular weight excluding hydrogens is 352 g/mol. The summed E-state index contributed by atoms with van der Waals surface area (Å²) in [5.41, 5.74) is 3.16. The van der Waals surface area contributed by atoms with Crippen molar-refractivity contribution >= 4 is 23.2 Å². The number of benzene rings is 3. The van der Waals surface area contributed by atoms with Crippen LogP contribution in [0, 0.1) is 6.92 Å². The first-order valence-corrected chi connectivity index (χ1v) is 9.08. The smallest absolute Gasteiger partial charge is 0.255 e. The zero-order chi connectivity index (χ0) is 19.9. The molecular formula is C23H22N2O3. The van der Waals surface area contributed by atoms with E-state index in [1.165, 1.54) is 0 Å². The van der Waals surface area contributed by atoms with Crippen molar-refractivity contribution in [3.63, 3.8) is 0 Å². The summed E-state index contributed by atoms with van der Waals surface area (Å²) in [6.45, 7) is 4.34. The fourth-order valence-corrected chi connectivity index (χ4v) is 2.77. The summed E-state index contributed by atoms with van der Waals surface area (Å²) < 4.78 is 5.53. The van der Waals surface area contributed by atoms with Gasteiger partial charge >= 0.3 is 0 Å². The van der Waals surface area contributed by atoms with Crippen molar-refractivity contribution in [2.24, 2.45) is 0 Å². The Balaban J connectivity index is 1.75. The van der Waals surface area contributed by atoms with Gasteiger partial charge in [0.25, 0.3) is 11.8 Å². The predicted molar refractivity (Wildman–Crippen MR) is 111 cm³/mol. The molecule has 2 N–H and O–H groups in total. The largest absolute Gasteiger partial charge is 0.492 e. The average Bonchev–Trinajstić information content (AvgIpc) is 2.70. The molecule has 0 aromatic heterocycles. The fourth-order valence-electron chi connectivity index (χ4n) is 2.77. The zero-order valence-corrected chi connectivity index (χ0v) is 15.9. The Kier molecular flexibility index (Phi) is 6.07. The third-order valence-corrected chi connectivity index (χ3v) is 4.10. The van der Waals surface area contributed by atoms with E-state index in [2.05, 4.69) is 10.6 Å². The molecule has 0 fully saturated rings. The third-order valence-electron chi connectivity index (χ3n) is 4.10. The summed E-state index contributed by atoms with van der Waals surface area (Å²) in [7, 11) is 0. The quantitative estimate of drug-likeness (QED) is 0.645. The van der Waals surface area contributed by atoms with E-state index in [1.54, 1.807) is 36.4 Å². The van der Waals surface area contributed by atoms with Gasteiger partial charge in [-0.1, -0.05) is 30.3 Å². The molecule has 5 nitrogen and oxygen atoms in total. The van der Waals surface area contributed by atoms with Crippen LogP contribution in [-0.4, -0.2) is 18.4 Å². The number of aryl methyl sites for hydroxylation is 1. The van der Waals surface area contributed by atoms with Crippen LogP contribution in [0.15, 0.2) is 72.8 Å². The van der Waals surface area contributed by atoms with E-state index in [0.29, 0.717) is 34.9 Å². The molecule has 142 valence electrons. The molecule has 3 aromatic carbocycles. The Morgan fingerprint density at radius 3 is 2.21 bits per heavy atom. The van der Waals surface area contributed by atoms with Crippen LogP contribution in [0.1, 0.15) is 33.2 Å². The molecule has 0 unspecified atom stereocenters. The summed E-state index contributed by atoms with van der Waals surface area (Å²) in [5, 5.41) is 5.69. The molecule has 0 saturated heterocycles. The maximum absolute atomic E-state index is 12.6. The topological polar surface area (TPSA) is 67.4 Å². The maximum Gasteiger partial charge on any atom is 0.255 e. The van der Waals surface area contributed by atoms with Gasteiger partial charge in [-0.2, -0.15) is 0 Å². The number of nitrogens with one attached hydrogen (secondary N) is 2. The molecule has 0 aliphatic heterocycles. The molecule has 0 aliphatic rings. The molecule has 3 aromatic rings. The first-order valence-electron chi connectivity index (χ1n) is 9.08. The molecule has 0 radical (unpaired) electrons. The maximum atomic E-state index is 12.6. The Labute approximate surface area is 164 Å². The normalized spacial score (nSPS) is 10.2. The van der Waals surface area contributed by atoms with Gasteiger partial charge in [0.05, 0.1) is 12.3 Å². The second kappa shape index (κ2) is 8.86. The molecule has 2 amide bonds. The SMILES string of the molecule is CCOc1ccccc1NC(=O)c1cccc(C(=O)Nc2cccc(C)c2)c1.